The average Bonchev–Trinajstić information content (AvgIpc) is 2.81. The van der Waals surface area contributed by atoms with Gasteiger partial charge in [0.25, 0.3) is 0 Å². The van der Waals surface area contributed by atoms with Crippen molar-refractivity contribution < 1.29 is 0 Å². The van der Waals surface area contributed by atoms with Gasteiger partial charge in [0.15, 0.2) is 0 Å². The fourth-order valence-electron chi connectivity index (χ4n) is 1.78. The summed E-state index contributed by atoms with van der Waals surface area (Å²) in [6.07, 6.45) is 2.77. The van der Waals surface area contributed by atoms with Gasteiger partial charge in [-0.25, -0.2) is 4.98 Å². The topological polar surface area (TPSA) is 60.7 Å². The van der Waals surface area contributed by atoms with Gasteiger partial charge in [-0.3, -0.25) is 0 Å². The number of aromatic nitrogens is 1. The Balaban J connectivity index is 2.01. The van der Waals surface area contributed by atoms with E-state index in [4.69, 9.17) is 16.9 Å². The van der Waals surface area contributed by atoms with E-state index in [1.54, 1.807) is 12.3 Å². The van der Waals surface area contributed by atoms with Gasteiger partial charge in [0.1, 0.15) is 16.9 Å². The molecule has 0 aromatic carbocycles. The van der Waals surface area contributed by atoms with Crippen LogP contribution in [0.25, 0.3) is 0 Å². The van der Waals surface area contributed by atoms with Crippen molar-refractivity contribution in [3.8, 4) is 6.07 Å². The van der Waals surface area contributed by atoms with Crippen molar-refractivity contribution in [3.05, 3.63) is 22.8 Å². The van der Waals surface area contributed by atoms with Crippen molar-refractivity contribution in [2.75, 3.05) is 25.0 Å². The molecule has 0 radical (unpaired) electrons. The van der Waals surface area contributed by atoms with E-state index < -0.39 is 0 Å². The highest BCUT2D eigenvalue weighted by Crippen LogP contribution is 2.23. The van der Waals surface area contributed by atoms with Gasteiger partial charge in [0.2, 0.25) is 0 Å². The summed E-state index contributed by atoms with van der Waals surface area (Å²) >= 11 is 6.03. The van der Waals surface area contributed by atoms with Gasteiger partial charge in [-0.05, 0) is 31.5 Å². The van der Waals surface area contributed by atoms with Crippen LogP contribution in [0, 0.1) is 17.2 Å². The molecule has 1 unspecified atom stereocenters. The van der Waals surface area contributed by atoms with Gasteiger partial charge in [0.05, 0.1) is 5.56 Å². The monoisotopic (exact) mass is 236 g/mol. The Morgan fingerprint density at radius 2 is 2.56 bits per heavy atom. The highest BCUT2D eigenvalue weighted by molar-refractivity contribution is 6.34. The SMILES string of the molecule is N#Cc1ccnc(NCC2CCNC2)c1Cl. The average molecular weight is 237 g/mol. The van der Waals surface area contributed by atoms with Crippen LogP contribution in [0.2, 0.25) is 5.02 Å². The molecule has 1 saturated heterocycles. The molecule has 2 N–H and O–H groups in total. The fourth-order valence-corrected chi connectivity index (χ4v) is 2.00. The van der Waals surface area contributed by atoms with Crippen LogP contribution in [-0.2, 0) is 0 Å². The van der Waals surface area contributed by atoms with Crippen LogP contribution in [0.4, 0.5) is 5.82 Å². The van der Waals surface area contributed by atoms with Crippen LogP contribution < -0.4 is 10.6 Å². The molecule has 1 aromatic rings. The number of hydrogen-bond donors (Lipinski definition) is 2. The first-order chi connectivity index (χ1) is 7.81. The lowest BCUT2D eigenvalue weighted by molar-refractivity contribution is 0.614. The molecule has 5 heteroatoms. The summed E-state index contributed by atoms with van der Waals surface area (Å²) in [7, 11) is 0. The number of hydrogen-bond acceptors (Lipinski definition) is 4. The van der Waals surface area contributed by atoms with Gasteiger partial charge in [-0.2, -0.15) is 5.26 Å². The van der Waals surface area contributed by atoms with Crippen LogP contribution in [0.15, 0.2) is 12.3 Å². The fraction of sp³-hybridized carbons (Fsp3) is 0.455. The van der Waals surface area contributed by atoms with Crippen molar-refractivity contribution >= 4 is 17.4 Å². The summed E-state index contributed by atoms with van der Waals surface area (Å²) in [5, 5.41) is 15.7. The third-order valence-corrected chi connectivity index (χ3v) is 3.11. The second-order valence-electron chi connectivity index (χ2n) is 3.87. The molecule has 0 saturated carbocycles. The van der Waals surface area contributed by atoms with Crippen molar-refractivity contribution in [1.29, 1.82) is 5.26 Å². The maximum Gasteiger partial charge on any atom is 0.146 e. The zero-order valence-electron chi connectivity index (χ0n) is 8.83. The second-order valence-corrected chi connectivity index (χ2v) is 4.25. The molecular formula is C11H13ClN4. The van der Waals surface area contributed by atoms with E-state index in [-0.39, 0.29) is 0 Å². The molecule has 1 atom stereocenters. The van der Waals surface area contributed by atoms with E-state index in [2.05, 4.69) is 15.6 Å². The third-order valence-electron chi connectivity index (χ3n) is 2.73. The molecule has 0 amide bonds. The van der Waals surface area contributed by atoms with Crippen molar-refractivity contribution in [2.24, 2.45) is 5.92 Å². The number of nitriles is 1. The molecule has 4 nitrogen and oxygen atoms in total. The van der Waals surface area contributed by atoms with Gasteiger partial charge in [-0.1, -0.05) is 11.6 Å². The second kappa shape index (κ2) is 5.15. The standard InChI is InChI=1S/C11H13ClN4/c12-10-9(5-13)2-4-15-11(10)16-7-8-1-3-14-6-8/h2,4,8,14H,1,3,6-7H2,(H,15,16). The maximum atomic E-state index is 8.82. The smallest absolute Gasteiger partial charge is 0.146 e. The van der Waals surface area contributed by atoms with Crippen LogP contribution in [-0.4, -0.2) is 24.6 Å². The predicted octanol–water partition coefficient (Wildman–Crippen LogP) is 1.63. The molecule has 84 valence electrons. The largest absolute Gasteiger partial charge is 0.368 e. The summed E-state index contributed by atoms with van der Waals surface area (Å²) in [4.78, 5) is 4.13. The Labute approximate surface area is 99.6 Å². The van der Waals surface area contributed by atoms with Gasteiger partial charge < -0.3 is 10.6 Å². The van der Waals surface area contributed by atoms with Crippen LogP contribution in [0.1, 0.15) is 12.0 Å². The summed E-state index contributed by atoms with van der Waals surface area (Å²) in [5.74, 6) is 1.22. The normalized spacial score (nSPS) is 19.4. The number of anilines is 1. The minimum absolute atomic E-state index is 0.413. The molecule has 0 aliphatic carbocycles. The molecule has 2 heterocycles. The highest BCUT2D eigenvalue weighted by Gasteiger charge is 2.15. The van der Waals surface area contributed by atoms with Crippen LogP contribution in [0.5, 0.6) is 0 Å². The van der Waals surface area contributed by atoms with Crippen LogP contribution in [0.3, 0.4) is 0 Å². The molecule has 1 aromatic heterocycles. The van der Waals surface area contributed by atoms with Crippen molar-refractivity contribution in [3.63, 3.8) is 0 Å². The summed E-state index contributed by atoms with van der Waals surface area (Å²) in [6.45, 7) is 2.95. The van der Waals surface area contributed by atoms with Crippen LogP contribution >= 0.6 is 11.6 Å². The molecule has 1 aliphatic heterocycles. The van der Waals surface area contributed by atoms with E-state index in [1.807, 2.05) is 6.07 Å². The van der Waals surface area contributed by atoms with E-state index >= 15 is 0 Å². The zero-order chi connectivity index (χ0) is 11.4. The number of nitrogens with one attached hydrogen (secondary N) is 2. The Morgan fingerprint density at radius 3 is 3.25 bits per heavy atom. The van der Waals surface area contributed by atoms with Gasteiger partial charge >= 0.3 is 0 Å². The lowest BCUT2D eigenvalue weighted by atomic mass is 10.1. The molecule has 1 fully saturated rings. The lowest BCUT2D eigenvalue weighted by Gasteiger charge is -2.11. The first-order valence-corrected chi connectivity index (χ1v) is 5.68. The Hall–Kier alpha value is -1.31. The van der Waals surface area contributed by atoms with E-state index in [9.17, 15) is 0 Å². The number of rotatable bonds is 3. The Morgan fingerprint density at radius 1 is 1.69 bits per heavy atom. The first kappa shape index (κ1) is 11.2. The van der Waals surface area contributed by atoms with Crippen molar-refractivity contribution in [1.82, 2.24) is 10.3 Å². The molecule has 1 aliphatic rings. The molecule has 0 spiro atoms. The zero-order valence-corrected chi connectivity index (χ0v) is 9.59. The summed E-state index contributed by atoms with van der Waals surface area (Å²) in [6, 6.07) is 3.66. The Bertz CT molecular complexity index is 407. The maximum absolute atomic E-state index is 8.82. The number of nitrogens with zero attached hydrogens (tertiary/aromatic N) is 2. The predicted molar refractivity (Wildman–Crippen MR) is 63.4 cm³/mol. The molecule has 0 bridgehead atoms. The quantitative estimate of drug-likeness (QED) is 0.838. The number of pyridine rings is 1. The number of halogens is 1. The highest BCUT2D eigenvalue weighted by atomic mass is 35.5. The van der Waals surface area contributed by atoms with Gasteiger partial charge in [0, 0.05) is 12.7 Å². The Kier molecular flexibility index (Phi) is 3.60. The minimum Gasteiger partial charge on any atom is -0.368 e. The molecular weight excluding hydrogens is 224 g/mol. The van der Waals surface area contributed by atoms with E-state index in [0.29, 0.717) is 22.3 Å². The molecule has 16 heavy (non-hydrogen) atoms. The lowest BCUT2D eigenvalue weighted by Crippen LogP contribution is -2.17. The third kappa shape index (κ3) is 2.43. The first-order valence-electron chi connectivity index (χ1n) is 5.30. The van der Waals surface area contributed by atoms with Crippen molar-refractivity contribution in [2.45, 2.75) is 6.42 Å². The van der Waals surface area contributed by atoms with Gasteiger partial charge in [-0.15, -0.1) is 0 Å². The summed E-state index contributed by atoms with van der Waals surface area (Å²) in [5.41, 5.74) is 0.462. The summed E-state index contributed by atoms with van der Waals surface area (Å²) < 4.78 is 0. The minimum atomic E-state index is 0.413. The van der Waals surface area contributed by atoms with E-state index in [1.165, 1.54) is 6.42 Å². The van der Waals surface area contributed by atoms with E-state index in [0.717, 1.165) is 19.6 Å². The molecule has 2 rings (SSSR count).